The van der Waals surface area contributed by atoms with E-state index in [1.165, 1.54) is 0 Å². The van der Waals surface area contributed by atoms with Gasteiger partial charge >= 0.3 is 11.9 Å². The van der Waals surface area contributed by atoms with Crippen LogP contribution >= 0.6 is 0 Å². The average Bonchev–Trinajstić information content (AvgIpc) is 2.57. The number of aromatic carboxylic acids is 2. The van der Waals surface area contributed by atoms with E-state index in [9.17, 15) is 19.8 Å². The number of aryl methyl sites for hydroxylation is 1. The van der Waals surface area contributed by atoms with E-state index < -0.39 is 11.9 Å². The van der Waals surface area contributed by atoms with Crippen LogP contribution in [0.15, 0.2) is 6.07 Å². The molecule has 0 bridgehead atoms. The number of carboxylic acid groups (broad SMARTS) is 2. The number of hydrogen-bond acceptors (Lipinski definition) is 3. The van der Waals surface area contributed by atoms with Gasteiger partial charge in [0.05, 0.1) is 11.1 Å². The third-order valence-electron chi connectivity index (χ3n) is 4.10. The van der Waals surface area contributed by atoms with Crippen molar-refractivity contribution in [3.63, 3.8) is 0 Å². The van der Waals surface area contributed by atoms with E-state index in [0.717, 1.165) is 48.8 Å². The van der Waals surface area contributed by atoms with E-state index in [4.69, 9.17) is 5.11 Å². The van der Waals surface area contributed by atoms with E-state index in [-0.39, 0.29) is 17.7 Å². The molecule has 142 valence electrons. The molecule has 0 aromatic heterocycles. The van der Waals surface area contributed by atoms with Crippen molar-refractivity contribution in [1.82, 2.24) is 0 Å². The van der Waals surface area contributed by atoms with Gasteiger partial charge in [-0.25, -0.2) is 9.59 Å². The first kappa shape index (κ1) is 23.1. The summed E-state index contributed by atoms with van der Waals surface area (Å²) in [5.41, 5.74) is 2.60. The SMILES string of the molecule is CCCCCCc1c(CC)c(CC)cc(C(=O)O)c1C(=O)O.CCO. The second-order valence-electron chi connectivity index (χ2n) is 5.86. The van der Waals surface area contributed by atoms with Crippen molar-refractivity contribution in [3.05, 3.63) is 33.9 Å². The lowest BCUT2D eigenvalue weighted by Gasteiger charge is -2.18. The maximum atomic E-state index is 11.6. The molecule has 0 radical (unpaired) electrons. The highest BCUT2D eigenvalue weighted by Crippen LogP contribution is 2.27. The molecule has 3 N–H and O–H groups in total. The first-order valence-electron chi connectivity index (χ1n) is 9.14. The minimum Gasteiger partial charge on any atom is -0.478 e. The highest BCUT2D eigenvalue weighted by atomic mass is 16.4. The molecule has 1 aromatic carbocycles. The van der Waals surface area contributed by atoms with Gasteiger partial charge in [0.25, 0.3) is 0 Å². The van der Waals surface area contributed by atoms with Crippen LogP contribution in [0.5, 0.6) is 0 Å². The molecule has 0 aliphatic rings. The van der Waals surface area contributed by atoms with Gasteiger partial charge in [0.15, 0.2) is 0 Å². The van der Waals surface area contributed by atoms with E-state index in [1.54, 1.807) is 13.0 Å². The molecule has 0 fully saturated rings. The number of carboxylic acids is 2. The summed E-state index contributed by atoms with van der Waals surface area (Å²) in [4.78, 5) is 23.1. The molecule has 0 unspecified atom stereocenters. The molecule has 1 aromatic rings. The van der Waals surface area contributed by atoms with Crippen LogP contribution in [0.3, 0.4) is 0 Å². The summed E-state index contributed by atoms with van der Waals surface area (Å²) < 4.78 is 0. The Balaban J connectivity index is 0.00000178. The lowest BCUT2D eigenvalue weighted by atomic mass is 9.86. The fourth-order valence-electron chi connectivity index (χ4n) is 3.01. The number of carbonyl (C=O) groups is 2. The summed E-state index contributed by atoms with van der Waals surface area (Å²) in [5.74, 6) is -2.30. The van der Waals surface area contributed by atoms with Crippen molar-refractivity contribution in [2.45, 2.75) is 72.6 Å². The zero-order valence-corrected chi connectivity index (χ0v) is 15.9. The van der Waals surface area contributed by atoms with Crippen molar-refractivity contribution in [1.29, 1.82) is 0 Å². The normalized spacial score (nSPS) is 10.1. The van der Waals surface area contributed by atoms with E-state index in [2.05, 4.69) is 6.92 Å². The van der Waals surface area contributed by atoms with Crippen LogP contribution in [0.25, 0.3) is 0 Å². The van der Waals surface area contributed by atoms with Crippen LogP contribution in [-0.2, 0) is 19.3 Å². The zero-order valence-electron chi connectivity index (χ0n) is 15.9. The molecular formula is C20H32O5. The topological polar surface area (TPSA) is 94.8 Å². The minimum atomic E-state index is -1.16. The van der Waals surface area contributed by atoms with Crippen LogP contribution in [0.2, 0.25) is 0 Å². The molecule has 0 aliphatic carbocycles. The maximum absolute atomic E-state index is 11.6. The summed E-state index contributed by atoms with van der Waals surface area (Å²) in [6.07, 6.45) is 6.24. The molecule has 5 nitrogen and oxygen atoms in total. The third kappa shape index (κ3) is 6.86. The van der Waals surface area contributed by atoms with Gasteiger partial charge in [-0.15, -0.1) is 0 Å². The molecular weight excluding hydrogens is 320 g/mol. The van der Waals surface area contributed by atoms with Crippen LogP contribution in [-0.4, -0.2) is 33.9 Å². The molecule has 25 heavy (non-hydrogen) atoms. The second-order valence-corrected chi connectivity index (χ2v) is 5.86. The standard InChI is InChI=1S/C18H26O4.C2H6O/c1-4-7-8-9-10-14-13(6-3)12(5-2)11-15(17(19)20)16(14)18(21)22;1-2-3/h11H,4-10H2,1-3H3,(H,19,20)(H,21,22);3H,2H2,1H3. The molecule has 1 rings (SSSR count). The van der Waals surface area contributed by atoms with E-state index in [1.807, 2.05) is 13.8 Å². The monoisotopic (exact) mass is 352 g/mol. The Morgan fingerprint density at radius 1 is 0.880 bits per heavy atom. The van der Waals surface area contributed by atoms with Gasteiger partial charge in [0.1, 0.15) is 0 Å². The highest BCUT2D eigenvalue weighted by Gasteiger charge is 2.24. The van der Waals surface area contributed by atoms with Gasteiger partial charge < -0.3 is 15.3 Å². The van der Waals surface area contributed by atoms with Crippen molar-refractivity contribution in [2.75, 3.05) is 6.61 Å². The lowest BCUT2D eigenvalue weighted by molar-refractivity contribution is 0.0650. The summed E-state index contributed by atoms with van der Waals surface area (Å²) in [6.45, 7) is 8.03. The Morgan fingerprint density at radius 3 is 1.88 bits per heavy atom. The summed E-state index contributed by atoms with van der Waals surface area (Å²) >= 11 is 0. The Morgan fingerprint density at radius 2 is 1.48 bits per heavy atom. The molecule has 0 spiro atoms. The number of rotatable bonds is 9. The number of aliphatic hydroxyl groups excluding tert-OH is 1. The van der Waals surface area contributed by atoms with Gasteiger partial charge in [-0.1, -0.05) is 40.0 Å². The molecule has 0 heterocycles. The van der Waals surface area contributed by atoms with Gasteiger partial charge in [-0.2, -0.15) is 0 Å². The zero-order chi connectivity index (χ0) is 19.4. The van der Waals surface area contributed by atoms with Crippen LogP contribution in [0, 0.1) is 0 Å². The van der Waals surface area contributed by atoms with Crippen molar-refractivity contribution in [2.24, 2.45) is 0 Å². The van der Waals surface area contributed by atoms with Gasteiger partial charge in [-0.3, -0.25) is 0 Å². The number of benzene rings is 1. The summed E-state index contributed by atoms with van der Waals surface area (Å²) in [5, 5.41) is 26.5. The number of aliphatic hydroxyl groups is 1. The maximum Gasteiger partial charge on any atom is 0.336 e. The minimum absolute atomic E-state index is 0.0157. The van der Waals surface area contributed by atoms with Crippen molar-refractivity contribution < 1.29 is 24.9 Å². The molecule has 0 atom stereocenters. The third-order valence-corrected chi connectivity index (χ3v) is 4.10. The largest absolute Gasteiger partial charge is 0.478 e. The van der Waals surface area contributed by atoms with Crippen molar-refractivity contribution >= 4 is 11.9 Å². The second kappa shape index (κ2) is 12.5. The number of hydrogen-bond donors (Lipinski definition) is 3. The Hall–Kier alpha value is -1.88. The first-order valence-corrected chi connectivity index (χ1v) is 9.14. The predicted molar refractivity (Wildman–Crippen MR) is 99.7 cm³/mol. The Bertz CT molecular complexity index is 564. The molecule has 0 aliphatic heterocycles. The van der Waals surface area contributed by atoms with Gasteiger partial charge in [-0.05, 0) is 55.4 Å². The van der Waals surface area contributed by atoms with Crippen LogP contribution in [0.4, 0.5) is 0 Å². The summed E-state index contributed by atoms with van der Waals surface area (Å²) in [7, 11) is 0. The van der Waals surface area contributed by atoms with Gasteiger partial charge in [0, 0.05) is 6.61 Å². The average molecular weight is 352 g/mol. The van der Waals surface area contributed by atoms with Gasteiger partial charge in [0.2, 0.25) is 0 Å². The molecule has 0 saturated carbocycles. The Labute approximate surface area is 150 Å². The summed E-state index contributed by atoms with van der Waals surface area (Å²) in [6, 6.07) is 1.54. The molecule has 0 saturated heterocycles. The fraction of sp³-hybridized carbons (Fsp3) is 0.600. The highest BCUT2D eigenvalue weighted by molar-refractivity contribution is 6.03. The molecule has 5 heteroatoms. The van der Waals surface area contributed by atoms with E-state index in [0.29, 0.717) is 12.8 Å². The Kier molecular flexibility index (Phi) is 11.5. The predicted octanol–water partition coefficient (Wildman–Crippen LogP) is 4.33. The lowest BCUT2D eigenvalue weighted by Crippen LogP contribution is -2.16. The quantitative estimate of drug-likeness (QED) is 0.575. The smallest absolute Gasteiger partial charge is 0.336 e. The van der Waals surface area contributed by atoms with Crippen molar-refractivity contribution in [3.8, 4) is 0 Å². The first-order chi connectivity index (χ1) is 11.9. The fourth-order valence-corrected chi connectivity index (χ4v) is 3.01. The number of unbranched alkanes of at least 4 members (excludes halogenated alkanes) is 3. The van der Waals surface area contributed by atoms with E-state index >= 15 is 0 Å². The van der Waals surface area contributed by atoms with Crippen LogP contribution in [0.1, 0.15) is 90.8 Å². The molecule has 0 amide bonds. The van der Waals surface area contributed by atoms with Crippen LogP contribution < -0.4 is 0 Å².